The van der Waals surface area contributed by atoms with Gasteiger partial charge in [0, 0.05) is 37.6 Å². The fourth-order valence-corrected chi connectivity index (χ4v) is 4.84. The van der Waals surface area contributed by atoms with Crippen molar-refractivity contribution in [2.45, 2.75) is 56.9 Å². The number of amides is 2. The van der Waals surface area contributed by atoms with Gasteiger partial charge in [-0.2, -0.15) is 18.3 Å². The third kappa shape index (κ3) is 5.98. The van der Waals surface area contributed by atoms with Crippen molar-refractivity contribution in [2.24, 2.45) is 7.05 Å². The van der Waals surface area contributed by atoms with Gasteiger partial charge in [-0.1, -0.05) is 0 Å². The molecule has 2 amide bonds. The molecule has 2 fully saturated rings. The lowest BCUT2D eigenvalue weighted by Gasteiger charge is -2.46. The van der Waals surface area contributed by atoms with E-state index in [4.69, 9.17) is 4.74 Å². The van der Waals surface area contributed by atoms with E-state index in [-0.39, 0.29) is 36.4 Å². The molecule has 4 rings (SSSR count). The number of carbonyl (C=O) groups excluding carboxylic acids is 2. The number of hydrogen-bond acceptors (Lipinski definition) is 6. The van der Waals surface area contributed by atoms with E-state index in [2.05, 4.69) is 25.9 Å². The summed E-state index contributed by atoms with van der Waals surface area (Å²) < 4.78 is 45.7. The van der Waals surface area contributed by atoms with Gasteiger partial charge in [-0.3, -0.25) is 14.4 Å². The highest BCUT2D eigenvalue weighted by atomic mass is 19.4. The number of rotatable bonds is 7. The van der Waals surface area contributed by atoms with E-state index in [1.165, 1.54) is 10.7 Å². The maximum Gasteiger partial charge on any atom is 0.416 e. The lowest BCUT2D eigenvalue weighted by atomic mass is 9.88. The van der Waals surface area contributed by atoms with Crippen LogP contribution in [0.5, 0.6) is 0 Å². The number of alkyl halides is 3. The Hall–Kier alpha value is -3.02. The summed E-state index contributed by atoms with van der Waals surface area (Å²) in [5.74, 6) is 0.00921. The van der Waals surface area contributed by atoms with Crippen molar-refractivity contribution >= 4 is 28.7 Å². The highest BCUT2D eigenvalue weighted by Crippen LogP contribution is 2.33. The number of aryl methyl sites for hydroxylation is 1. The first-order valence-electron chi connectivity index (χ1n) is 11.9. The van der Waals surface area contributed by atoms with Crippen LogP contribution in [0.15, 0.2) is 18.2 Å². The first-order valence-corrected chi connectivity index (χ1v) is 11.9. The number of benzene rings is 1. The van der Waals surface area contributed by atoms with Crippen LogP contribution in [-0.4, -0.2) is 71.0 Å². The molecule has 9 nitrogen and oxygen atoms in total. The van der Waals surface area contributed by atoms with E-state index in [1.807, 2.05) is 0 Å². The molecule has 0 spiro atoms. The fourth-order valence-electron chi connectivity index (χ4n) is 4.84. The van der Waals surface area contributed by atoms with Gasteiger partial charge in [0.2, 0.25) is 5.91 Å². The van der Waals surface area contributed by atoms with E-state index in [0.29, 0.717) is 23.6 Å². The normalized spacial score (nSPS) is 21.4. The van der Waals surface area contributed by atoms with Crippen molar-refractivity contribution in [1.29, 1.82) is 0 Å². The smallest absolute Gasteiger partial charge is 0.416 e. The summed E-state index contributed by atoms with van der Waals surface area (Å²) >= 11 is 0. The minimum Gasteiger partial charge on any atom is -0.450 e. The molecule has 1 aromatic carbocycles. The summed E-state index contributed by atoms with van der Waals surface area (Å²) in [7, 11) is 1.64. The summed E-state index contributed by atoms with van der Waals surface area (Å²) in [6, 6.07) is 4.05. The van der Waals surface area contributed by atoms with Crippen LogP contribution >= 0.6 is 0 Å². The molecule has 1 aromatic heterocycles. The van der Waals surface area contributed by atoms with Crippen molar-refractivity contribution in [2.75, 3.05) is 31.6 Å². The molecule has 2 aromatic rings. The lowest BCUT2D eigenvalue weighted by molar-refractivity contribution is -0.137. The topological polar surface area (TPSA) is 101 Å². The Bertz CT molecular complexity index is 1060. The van der Waals surface area contributed by atoms with Gasteiger partial charge in [0.1, 0.15) is 0 Å². The van der Waals surface area contributed by atoms with E-state index in [9.17, 15) is 22.8 Å². The predicted octanol–water partition coefficient (Wildman–Crippen LogP) is 2.86. The Balaban J connectivity index is 1.21. The van der Waals surface area contributed by atoms with Crippen LogP contribution in [0.25, 0.3) is 10.9 Å². The number of nitrogens with one attached hydrogen (secondary N) is 3. The van der Waals surface area contributed by atoms with Crippen molar-refractivity contribution in [1.82, 2.24) is 25.3 Å². The predicted molar refractivity (Wildman–Crippen MR) is 124 cm³/mol. The maximum atomic E-state index is 13.1. The zero-order valence-corrected chi connectivity index (χ0v) is 19.8. The number of alkyl carbamates (subject to hydrolysis) is 1. The molecule has 35 heavy (non-hydrogen) atoms. The highest BCUT2D eigenvalue weighted by Gasteiger charge is 2.35. The summed E-state index contributed by atoms with van der Waals surface area (Å²) in [5.41, 5.74) is -0.214. The number of carbonyl (C=O) groups is 2. The van der Waals surface area contributed by atoms with Crippen LogP contribution in [0.2, 0.25) is 0 Å². The van der Waals surface area contributed by atoms with E-state index < -0.39 is 11.7 Å². The molecule has 1 aliphatic heterocycles. The molecule has 0 atom stereocenters. The van der Waals surface area contributed by atoms with Crippen LogP contribution in [0.1, 0.15) is 38.2 Å². The van der Waals surface area contributed by atoms with Crippen LogP contribution in [0.3, 0.4) is 0 Å². The quantitative estimate of drug-likeness (QED) is 0.545. The first-order chi connectivity index (χ1) is 16.6. The second-order valence-corrected chi connectivity index (χ2v) is 9.14. The van der Waals surface area contributed by atoms with Gasteiger partial charge in [0.05, 0.1) is 30.3 Å². The van der Waals surface area contributed by atoms with Crippen LogP contribution in [0, 0.1) is 0 Å². The number of anilines is 1. The van der Waals surface area contributed by atoms with Crippen molar-refractivity contribution < 1.29 is 27.5 Å². The molecule has 0 radical (unpaired) electrons. The molecule has 1 saturated heterocycles. The monoisotopic (exact) mass is 496 g/mol. The summed E-state index contributed by atoms with van der Waals surface area (Å²) in [6.45, 7) is 3.57. The third-order valence-electron chi connectivity index (χ3n) is 6.68. The molecular formula is C23H31F3N6O3. The Morgan fingerprint density at radius 2 is 1.83 bits per heavy atom. The van der Waals surface area contributed by atoms with Crippen LogP contribution in [0.4, 0.5) is 23.8 Å². The molecule has 1 saturated carbocycles. The molecule has 192 valence electrons. The number of aromatic nitrogens is 2. The van der Waals surface area contributed by atoms with Gasteiger partial charge in [0.25, 0.3) is 0 Å². The standard InChI is InChI=1S/C23H31F3N6O3/c1-3-35-22(34)29-15-5-7-17(8-6-15)32-12-16(13-32)28-20(33)11-27-21-18-10-14(23(24,25)26)4-9-19(18)31(2)30-21/h4,9-10,15-17H,3,5-8,11-13H2,1-2H3,(H,27,30)(H,28,33)(H,29,34). The summed E-state index contributed by atoms with van der Waals surface area (Å²) in [5, 5.41) is 13.3. The minimum absolute atomic E-state index is 0.0389. The van der Waals surface area contributed by atoms with Crippen LogP contribution < -0.4 is 16.0 Å². The SMILES string of the molecule is CCOC(=O)NC1CCC(N2CC(NC(=O)CNc3nn(C)c4ccc(C(F)(F)F)cc34)C2)CC1. The molecule has 1 aliphatic carbocycles. The Labute approximate surface area is 201 Å². The second kappa shape index (κ2) is 10.3. The second-order valence-electron chi connectivity index (χ2n) is 9.14. The number of fused-ring (bicyclic) bond motifs is 1. The average Bonchev–Trinajstić information content (AvgIpc) is 3.10. The fraction of sp³-hybridized carbons (Fsp3) is 0.609. The molecule has 12 heteroatoms. The number of ether oxygens (including phenoxy) is 1. The van der Waals surface area contributed by atoms with Gasteiger partial charge in [-0.05, 0) is 50.8 Å². The molecule has 3 N–H and O–H groups in total. The van der Waals surface area contributed by atoms with Gasteiger partial charge >= 0.3 is 12.3 Å². The number of nitrogens with zero attached hydrogens (tertiary/aromatic N) is 3. The molecule has 0 unspecified atom stereocenters. The molecule has 0 bridgehead atoms. The van der Waals surface area contributed by atoms with Crippen LogP contribution in [-0.2, 0) is 22.8 Å². The molecular weight excluding hydrogens is 465 g/mol. The van der Waals surface area contributed by atoms with Crippen molar-refractivity contribution in [3.63, 3.8) is 0 Å². The zero-order chi connectivity index (χ0) is 25.2. The Morgan fingerprint density at radius 3 is 2.49 bits per heavy atom. The maximum absolute atomic E-state index is 13.1. The average molecular weight is 497 g/mol. The van der Waals surface area contributed by atoms with E-state index in [1.54, 1.807) is 14.0 Å². The zero-order valence-electron chi connectivity index (χ0n) is 19.8. The molecule has 2 heterocycles. The number of halogens is 3. The largest absolute Gasteiger partial charge is 0.450 e. The summed E-state index contributed by atoms with van der Waals surface area (Å²) in [6.07, 6.45) is -1.07. The molecule has 2 aliphatic rings. The summed E-state index contributed by atoms with van der Waals surface area (Å²) in [4.78, 5) is 26.3. The van der Waals surface area contributed by atoms with Gasteiger partial charge < -0.3 is 20.7 Å². The van der Waals surface area contributed by atoms with Crippen molar-refractivity contribution in [3.05, 3.63) is 23.8 Å². The number of likely N-dealkylation sites (tertiary alicyclic amines) is 1. The Morgan fingerprint density at radius 1 is 1.11 bits per heavy atom. The third-order valence-corrected chi connectivity index (χ3v) is 6.68. The van der Waals surface area contributed by atoms with E-state index >= 15 is 0 Å². The Kier molecular flexibility index (Phi) is 7.39. The van der Waals surface area contributed by atoms with Crippen molar-refractivity contribution in [3.8, 4) is 0 Å². The number of hydrogen-bond donors (Lipinski definition) is 3. The minimum atomic E-state index is -4.45. The van der Waals surface area contributed by atoms with Gasteiger partial charge in [0.15, 0.2) is 5.82 Å². The van der Waals surface area contributed by atoms with E-state index in [0.717, 1.165) is 50.9 Å². The van der Waals surface area contributed by atoms with Gasteiger partial charge in [-0.25, -0.2) is 4.79 Å². The highest BCUT2D eigenvalue weighted by molar-refractivity contribution is 5.92. The van der Waals surface area contributed by atoms with Gasteiger partial charge in [-0.15, -0.1) is 0 Å². The lowest BCUT2D eigenvalue weighted by Crippen LogP contribution is -2.63. The first kappa shape index (κ1) is 25.1.